The molecule has 0 spiro atoms. The number of halogens is 1. The number of rotatable bonds is 4. The maximum absolute atomic E-state index is 11.4. The number of aliphatic carboxylic acids is 1. The summed E-state index contributed by atoms with van der Waals surface area (Å²) >= 11 is 3.24. The second-order valence-corrected chi connectivity index (χ2v) is 6.99. The largest absolute Gasteiger partial charge is 0.481 e. The fourth-order valence-electron chi connectivity index (χ4n) is 1.99. The molecule has 1 aromatic heterocycles. The van der Waals surface area contributed by atoms with E-state index in [0.29, 0.717) is 0 Å². The summed E-state index contributed by atoms with van der Waals surface area (Å²) < 4.78 is 6.48. The minimum atomic E-state index is -1.05. The van der Waals surface area contributed by atoms with Crippen LogP contribution in [-0.4, -0.2) is 27.1 Å². The zero-order chi connectivity index (χ0) is 14.8. The molecule has 0 aromatic carbocycles. The topological polar surface area (TPSA) is 72.3 Å². The van der Waals surface area contributed by atoms with E-state index in [1.54, 1.807) is 26.2 Å². The van der Waals surface area contributed by atoms with Crippen molar-refractivity contribution in [2.24, 2.45) is 10.8 Å². The molecule has 1 atom stereocenters. The Bertz CT molecular complexity index is 452. The molecule has 6 heteroatoms. The number of nitrogens with zero attached hydrogens (tertiary/aromatic N) is 2. The normalized spacial score (nSPS) is 14.0. The predicted molar refractivity (Wildman–Crippen MR) is 75.0 cm³/mol. The van der Waals surface area contributed by atoms with Gasteiger partial charge in [-0.2, -0.15) is 0 Å². The van der Waals surface area contributed by atoms with E-state index in [0.717, 1.165) is 4.47 Å². The van der Waals surface area contributed by atoms with Gasteiger partial charge in [-0.25, -0.2) is 9.97 Å². The molecule has 0 aliphatic rings. The lowest BCUT2D eigenvalue weighted by Gasteiger charge is -2.39. The Balaban J connectivity index is 3.06. The van der Waals surface area contributed by atoms with Crippen LogP contribution in [0.4, 0.5) is 0 Å². The molecule has 1 N–H and O–H groups in total. The molecule has 0 radical (unpaired) electrons. The van der Waals surface area contributed by atoms with E-state index < -0.39 is 17.5 Å². The van der Waals surface area contributed by atoms with Crippen LogP contribution in [0.3, 0.4) is 0 Å². The smallest absolute Gasteiger partial charge is 0.316 e. The van der Waals surface area contributed by atoms with Crippen molar-refractivity contribution in [1.82, 2.24) is 9.97 Å². The Hall–Kier alpha value is -1.17. The molecule has 0 aliphatic heterocycles. The van der Waals surface area contributed by atoms with Crippen LogP contribution in [0, 0.1) is 10.8 Å². The lowest BCUT2D eigenvalue weighted by molar-refractivity contribution is -0.157. The van der Waals surface area contributed by atoms with E-state index in [4.69, 9.17) is 4.74 Å². The van der Waals surface area contributed by atoms with Crippen LogP contribution < -0.4 is 4.74 Å². The second-order valence-electron chi connectivity index (χ2n) is 6.07. The number of ether oxygens (including phenoxy) is 1. The summed E-state index contributed by atoms with van der Waals surface area (Å²) in [4.78, 5) is 19.5. The number of carboxylic acid groups (broad SMARTS) is 1. The monoisotopic (exact) mass is 330 g/mol. The summed E-state index contributed by atoms with van der Waals surface area (Å²) in [5, 5.41) is 9.37. The summed E-state index contributed by atoms with van der Waals surface area (Å²) in [6, 6.07) is 0.178. The molecular formula is C13H19BrN2O3. The number of aromatic nitrogens is 2. The van der Waals surface area contributed by atoms with Crippen LogP contribution in [0.15, 0.2) is 16.9 Å². The summed E-state index contributed by atoms with van der Waals surface area (Å²) in [5.74, 6) is -0.912. The van der Waals surface area contributed by atoms with Crippen molar-refractivity contribution in [3.05, 3.63) is 16.9 Å². The lowest BCUT2D eigenvalue weighted by atomic mass is 9.73. The first-order valence-electron chi connectivity index (χ1n) is 5.92. The van der Waals surface area contributed by atoms with Gasteiger partial charge in [0.25, 0.3) is 0 Å². The maximum atomic E-state index is 11.4. The summed E-state index contributed by atoms with van der Waals surface area (Å²) in [6.45, 7) is 9.08. The van der Waals surface area contributed by atoms with E-state index in [9.17, 15) is 9.90 Å². The average Bonchev–Trinajstić information content (AvgIpc) is 2.26. The maximum Gasteiger partial charge on any atom is 0.316 e. The van der Waals surface area contributed by atoms with E-state index in [-0.39, 0.29) is 11.4 Å². The molecule has 1 aromatic rings. The molecule has 19 heavy (non-hydrogen) atoms. The fourth-order valence-corrected chi connectivity index (χ4v) is 2.19. The highest BCUT2D eigenvalue weighted by atomic mass is 79.9. The van der Waals surface area contributed by atoms with E-state index in [2.05, 4.69) is 25.9 Å². The van der Waals surface area contributed by atoms with Gasteiger partial charge in [-0.15, -0.1) is 0 Å². The molecule has 5 nitrogen and oxygen atoms in total. The molecule has 1 unspecified atom stereocenters. The Labute approximate surface area is 121 Å². The molecule has 0 bridgehead atoms. The van der Waals surface area contributed by atoms with Gasteiger partial charge in [0.05, 0.1) is 9.89 Å². The Morgan fingerprint density at radius 3 is 2.11 bits per heavy atom. The van der Waals surface area contributed by atoms with Gasteiger partial charge in [-0.1, -0.05) is 20.8 Å². The zero-order valence-electron chi connectivity index (χ0n) is 11.8. The predicted octanol–water partition coefficient (Wildman–Crippen LogP) is 3.14. The van der Waals surface area contributed by atoms with Crippen molar-refractivity contribution in [2.45, 2.75) is 40.7 Å². The van der Waals surface area contributed by atoms with Crippen molar-refractivity contribution in [2.75, 3.05) is 0 Å². The number of hydrogen-bond donors (Lipinski definition) is 1. The Morgan fingerprint density at radius 2 is 1.74 bits per heavy atom. The van der Waals surface area contributed by atoms with E-state index in [1.165, 1.54) is 0 Å². The van der Waals surface area contributed by atoms with E-state index in [1.807, 2.05) is 20.8 Å². The van der Waals surface area contributed by atoms with Gasteiger partial charge >= 0.3 is 12.0 Å². The van der Waals surface area contributed by atoms with Gasteiger partial charge < -0.3 is 9.84 Å². The van der Waals surface area contributed by atoms with Crippen LogP contribution in [0.1, 0.15) is 34.6 Å². The molecule has 0 aliphatic carbocycles. The summed E-state index contributed by atoms with van der Waals surface area (Å²) in [6.07, 6.45) is 2.57. The van der Waals surface area contributed by atoms with Crippen molar-refractivity contribution < 1.29 is 14.6 Å². The lowest BCUT2D eigenvalue weighted by Crippen LogP contribution is -2.49. The molecule has 0 fully saturated rings. The third-order valence-electron chi connectivity index (χ3n) is 2.81. The van der Waals surface area contributed by atoms with Crippen molar-refractivity contribution in [3.63, 3.8) is 0 Å². The fraction of sp³-hybridized carbons (Fsp3) is 0.615. The third kappa shape index (κ3) is 3.89. The standard InChI is InChI=1S/C13H19BrN2O3/c1-12(2,3)9(13(4,5)10(17)18)19-11-15-6-8(14)7-16-11/h6-7,9H,1-5H3,(H,17,18). The Morgan fingerprint density at radius 1 is 1.26 bits per heavy atom. The van der Waals surface area contributed by atoms with Crippen LogP contribution in [0.5, 0.6) is 6.01 Å². The van der Waals surface area contributed by atoms with E-state index >= 15 is 0 Å². The zero-order valence-corrected chi connectivity index (χ0v) is 13.4. The molecule has 1 heterocycles. The second kappa shape index (κ2) is 5.45. The summed E-state index contributed by atoms with van der Waals surface area (Å²) in [5.41, 5.74) is -1.41. The SMILES string of the molecule is CC(C)(C)C(Oc1ncc(Br)cn1)C(C)(C)C(=O)O. The van der Waals surface area contributed by atoms with Crippen LogP contribution >= 0.6 is 15.9 Å². The molecule has 0 saturated carbocycles. The highest BCUT2D eigenvalue weighted by Gasteiger charge is 2.46. The van der Waals surface area contributed by atoms with Crippen LogP contribution in [-0.2, 0) is 4.79 Å². The molecular weight excluding hydrogens is 312 g/mol. The van der Waals surface area contributed by atoms with Gasteiger partial charge in [-0.05, 0) is 29.8 Å². The minimum absolute atomic E-state index is 0.178. The van der Waals surface area contributed by atoms with Crippen molar-refractivity contribution in [3.8, 4) is 6.01 Å². The van der Waals surface area contributed by atoms with Gasteiger partial charge in [0, 0.05) is 17.8 Å². The highest BCUT2D eigenvalue weighted by molar-refractivity contribution is 9.10. The summed E-state index contributed by atoms with van der Waals surface area (Å²) in [7, 11) is 0. The van der Waals surface area contributed by atoms with Crippen molar-refractivity contribution >= 4 is 21.9 Å². The average molecular weight is 331 g/mol. The molecule has 0 saturated heterocycles. The first-order valence-corrected chi connectivity index (χ1v) is 6.72. The van der Waals surface area contributed by atoms with Gasteiger partial charge in [0.2, 0.25) is 0 Å². The first kappa shape index (κ1) is 15.9. The molecule has 0 amide bonds. The number of carbonyl (C=O) groups is 1. The minimum Gasteiger partial charge on any atom is -0.481 e. The van der Waals surface area contributed by atoms with Crippen molar-refractivity contribution in [1.29, 1.82) is 0 Å². The molecule has 1 rings (SSSR count). The van der Waals surface area contributed by atoms with Crippen LogP contribution in [0.2, 0.25) is 0 Å². The molecule has 106 valence electrons. The first-order chi connectivity index (χ1) is 8.55. The van der Waals surface area contributed by atoms with Gasteiger partial charge in [-0.3, -0.25) is 4.79 Å². The van der Waals surface area contributed by atoms with Gasteiger partial charge in [0.1, 0.15) is 6.10 Å². The Kier molecular flexibility index (Phi) is 4.55. The van der Waals surface area contributed by atoms with Gasteiger partial charge in [0.15, 0.2) is 0 Å². The highest BCUT2D eigenvalue weighted by Crippen LogP contribution is 2.36. The third-order valence-corrected chi connectivity index (χ3v) is 3.22. The van der Waals surface area contributed by atoms with Crippen LogP contribution in [0.25, 0.3) is 0 Å². The number of carboxylic acids is 1. The number of hydrogen-bond acceptors (Lipinski definition) is 4. The quantitative estimate of drug-likeness (QED) is 0.918.